The van der Waals surface area contributed by atoms with Crippen LogP contribution in [0.1, 0.15) is 12.7 Å². The molecule has 2 heterocycles. The first-order valence-corrected chi connectivity index (χ1v) is 5.41. The van der Waals surface area contributed by atoms with Gasteiger partial charge in [0.05, 0.1) is 10.5 Å². The Bertz CT molecular complexity index is 491. The van der Waals surface area contributed by atoms with Crippen molar-refractivity contribution < 1.29 is 0 Å². The van der Waals surface area contributed by atoms with Crippen LogP contribution in [0, 0.1) is 0 Å². The Kier molecular flexibility index (Phi) is 2.87. The van der Waals surface area contributed by atoms with E-state index >= 15 is 0 Å². The quantitative estimate of drug-likeness (QED) is 0.882. The Hall–Kier alpha value is -0.770. The first-order chi connectivity index (χ1) is 7.08. The van der Waals surface area contributed by atoms with E-state index in [1.54, 1.807) is 12.3 Å². The van der Waals surface area contributed by atoms with E-state index in [1.807, 2.05) is 17.4 Å². The van der Waals surface area contributed by atoms with Gasteiger partial charge in [-0.2, -0.15) is 0 Å². The second-order valence-corrected chi connectivity index (χ2v) is 4.40. The zero-order chi connectivity index (χ0) is 11.0. The van der Waals surface area contributed by atoms with Crippen LogP contribution in [0.3, 0.4) is 0 Å². The van der Waals surface area contributed by atoms with Crippen LogP contribution in [0.25, 0.3) is 5.52 Å². The summed E-state index contributed by atoms with van der Waals surface area (Å²) in [5, 5.41) is 1.14. The third-order valence-electron chi connectivity index (χ3n) is 2.13. The molecule has 0 amide bonds. The highest BCUT2D eigenvalue weighted by molar-refractivity contribution is 6.33. The Labute approximate surface area is 97.8 Å². The lowest BCUT2D eigenvalue weighted by Gasteiger charge is -2.04. The van der Waals surface area contributed by atoms with Gasteiger partial charge in [-0.3, -0.25) is 0 Å². The number of hydrogen-bond donors (Lipinski definition) is 1. The van der Waals surface area contributed by atoms with Crippen molar-refractivity contribution >= 4 is 28.7 Å². The standard InChI is InChI=1S/C10H11Cl2N3/c1-6(13)4-9-14-10(12)8-3-2-7(11)5-15(8)9/h2-3,5-6H,4,13H2,1H3. The van der Waals surface area contributed by atoms with E-state index in [0.717, 1.165) is 11.3 Å². The van der Waals surface area contributed by atoms with Crippen LogP contribution in [-0.4, -0.2) is 15.4 Å². The number of fused-ring (bicyclic) bond motifs is 1. The fourth-order valence-corrected chi connectivity index (χ4v) is 1.93. The zero-order valence-corrected chi connectivity index (χ0v) is 9.76. The molecule has 2 aromatic heterocycles. The van der Waals surface area contributed by atoms with Gasteiger partial charge in [-0.05, 0) is 19.1 Å². The normalized spacial score (nSPS) is 13.3. The SMILES string of the molecule is CC(N)Cc1nc(Cl)c2ccc(Cl)cn12. The maximum absolute atomic E-state index is 6.00. The molecule has 0 aliphatic carbocycles. The molecule has 0 saturated heterocycles. The molecule has 0 bridgehead atoms. The van der Waals surface area contributed by atoms with Gasteiger partial charge in [-0.25, -0.2) is 4.98 Å². The van der Waals surface area contributed by atoms with Gasteiger partial charge in [0.25, 0.3) is 0 Å². The average molecular weight is 244 g/mol. The first-order valence-electron chi connectivity index (χ1n) is 4.65. The lowest BCUT2D eigenvalue weighted by atomic mass is 10.2. The van der Waals surface area contributed by atoms with Crippen molar-refractivity contribution in [2.75, 3.05) is 0 Å². The van der Waals surface area contributed by atoms with Crippen molar-refractivity contribution in [1.82, 2.24) is 9.38 Å². The van der Waals surface area contributed by atoms with Crippen LogP contribution in [0.15, 0.2) is 18.3 Å². The third-order valence-corrected chi connectivity index (χ3v) is 2.64. The van der Waals surface area contributed by atoms with Crippen LogP contribution in [0.2, 0.25) is 10.2 Å². The fourth-order valence-electron chi connectivity index (χ4n) is 1.51. The van der Waals surface area contributed by atoms with Gasteiger partial charge in [0.1, 0.15) is 5.82 Å². The molecular formula is C10H11Cl2N3. The fraction of sp³-hybridized carbons (Fsp3) is 0.300. The number of aromatic nitrogens is 2. The number of imidazole rings is 1. The molecule has 2 aromatic rings. The highest BCUT2D eigenvalue weighted by atomic mass is 35.5. The Morgan fingerprint density at radius 1 is 1.47 bits per heavy atom. The molecule has 2 N–H and O–H groups in total. The number of pyridine rings is 1. The van der Waals surface area contributed by atoms with Gasteiger partial charge in [-0.15, -0.1) is 0 Å². The zero-order valence-electron chi connectivity index (χ0n) is 8.24. The summed E-state index contributed by atoms with van der Waals surface area (Å²) in [5.41, 5.74) is 6.59. The molecule has 5 heteroatoms. The molecule has 0 fully saturated rings. The molecule has 0 aliphatic rings. The molecule has 0 radical (unpaired) electrons. The van der Waals surface area contributed by atoms with Gasteiger partial charge < -0.3 is 10.1 Å². The molecule has 0 aromatic carbocycles. The van der Waals surface area contributed by atoms with Crippen molar-refractivity contribution in [3.05, 3.63) is 34.3 Å². The molecule has 1 unspecified atom stereocenters. The minimum absolute atomic E-state index is 0.0469. The number of hydrogen-bond acceptors (Lipinski definition) is 2. The monoisotopic (exact) mass is 243 g/mol. The van der Waals surface area contributed by atoms with E-state index in [2.05, 4.69) is 4.98 Å². The third kappa shape index (κ3) is 2.09. The van der Waals surface area contributed by atoms with Crippen LogP contribution in [0.4, 0.5) is 0 Å². The van der Waals surface area contributed by atoms with Gasteiger partial charge in [0.2, 0.25) is 0 Å². The Balaban J connectivity index is 2.59. The Morgan fingerprint density at radius 3 is 2.87 bits per heavy atom. The average Bonchev–Trinajstić information content (AvgIpc) is 2.42. The summed E-state index contributed by atoms with van der Waals surface area (Å²) in [5.74, 6) is 0.840. The van der Waals surface area contributed by atoms with Gasteiger partial charge in [0, 0.05) is 18.7 Å². The van der Waals surface area contributed by atoms with Crippen LogP contribution in [0.5, 0.6) is 0 Å². The summed E-state index contributed by atoms with van der Waals surface area (Å²) < 4.78 is 1.88. The summed E-state index contributed by atoms with van der Waals surface area (Å²) in [6, 6.07) is 3.69. The van der Waals surface area contributed by atoms with E-state index in [1.165, 1.54) is 0 Å². The maximum atomic E-state index is 6.00. The van der Waals surface area contributed by atoms with Crippen LogP contribution < -0.4 is 5.73 Å². The molecule has 15 heavy (non-hydrogen) atoms. The van der Waals surface area contributed by atoms with Crippen molar-refractivity contribution in [3.63, 3.8) is 0 Å². The molecule has 2 rings (SSSR count). The minimum atomic E-state index is 0.0469. The maximum Gasteiger partial charge on any atom is 0.155 e. The molecule has 0 spiro atoms. The molecule has 80 valence electrons. The van der Waals surface area contributed by atoms with E-state index in [-0.39, 0.29) is 6.04 Å². The lowest BCUT2D eigenvalue weighted by molar-refractivity contribution is 0.700. The molecular weight excluding hydrogens is 233 g/mol. The van der Waals surface area contributed by atoms with E-state index in [0.29, 0.717) is 16.6 Å². The largest absolute Gasteiger partial charge is 0.328 e. The van der Waals surface area contributed by atoms with E-state index in [4.69, 9.17) is 28.9 Å². The topological polar surface area (TPSA) is 43.3 Å². The number of halogens is 2. The highest BCUT2D eigenvalue weighted by Gasteiger charge is 2.10. The van der Waals surface area contributed by atoms with Gasteiger partial charge >= 0.3 is 0 Å². The lowest BCUT2D eigenvalue weighted by Crippen LogP contribution is -2.19. The molecule has 0 saturated carbocycles. The minimum Gasteiger partial charge on any atom is -0.328 e. The van der Waals surface area contributed by atoms with Crippen LogP contribution >= 0.6 is 23.2 Å². The van der Waals surface area contributed by atoms with Crippen molar-refractivity contribution in [2.24, 2.45) is 5.73 Å². The van der Waals surface area contributed by atoms with E-state index in [9.17, 15) is 0 Å². The molecule has 0 aliphatic heterocycles. The van der Waals surface area contributed by atoms with E-state index < -0.39 is 0 Å². The number of rotatable bonds is 2. The summed E-state index contributed by atoms with van der Waals surface area (Å²) in [4.78, 5) is 4.26. The Morgan fingerprint density at radius 2 is 2.20 bits per heavy atom. The predicted molar refractivity (Wildman–Crippen MR) is 62.6 cm³/mol. The molecule has 1 atom stereocenters. The van der Waals surface area contributed by atoms with Crippen molar-refractivity contribution in [1.29, 1.82) is 0 Å². The molecule has 3 nitrogen and oxygen atoms in total. The number of nitrogens with zero attached hydrogens (tertiary/aromatic N) is 2. The highest BCUT2D eigenvalue weighted by Crippen LogP contribution is 2.21. The number of nitrogens with two attached hydrogens (primary N) is 1. The smallest absolute Gasteiger partial charge is 0.155 e. The second-order valence-electron chi connectivity index (χ2n) is 3.60. The predicted octanol–water partition coefficient (Wildman–Crippen LogP) is 2.53. The second kappa shape index (κ2) is 4.00. The summed E-state index contributed by atoms with van der Waals surface area (Å²) >= 11 is 11.9. The summed E-state index contributed by atoms with van der Waals surface area (Å²) in [6.45, 7) is 1.93. The first kappa shape index (κ1) is 10.7. The summed E-state index contributed by atoms with van der Waals surface area (Å²) in [6.07, 6.45) is 2.47. The summed E-state index contributed by atoms with van der Waals surface area (Å²) in [7, 11) is 0. The van der Waals surface area contributed by atoms with Crippen LogP contribution in [-0.2, 0) is 6.42 Å². The van der Waals surface area contributed by atoms with Crippen molar-refractivity contribution in [3.8, 4) is 0 Å². The van der Waals surface area contributed by atoms with Gasteiger partial charge in [0.15, 0.2) is 5.15 Å². The van der Waals surface area contributed by atoms with Gasteiger partial charge in [-0.1, -0.05) is 23.2 Å². The van der Waals surface area contributed by atoms with Crippen molar-refractivity contribution in [2.45, 2.75) is 19.4 Å².